The second kappa shape index (κ2) is 4.11. The van der Waals surface area contributed by atoms with Crippen molar-refractivity contribution in [2.45, 2.75) is 6.54 Å². The first-order valence-electron chi connectivity index (χ1n) is 4.18. The first-order chi connectivity index (χ1) is 6.86. The van der Waals surface area contributed by atoms with Gasteiger partial charge in [-0.2, -0.15) is 0 Å². The number of anilines is 1. The topological polar surface area (TPSA) is 53.6 Å². The van der Waals surface area contributed by atoms with Crippen molar-refractivity contribution in [3.05, 3.63) is 41.7 Å². The molecule has 0 saturated heterocycles. The third kappa shape index (κ3) is 2.03. The minimum Gasteiger partial charge on any atom is -0.375 e. The van der Waals surface area contributed by atoms with Crippen molar-refractivity contribution in [3.63, 3.8) is 0 Å². The van der Waals surface area contributed by atoms with Crippen molar-refractivity contribution < 1.29 is 0 Å². The van der Waals surface area contributed by atoms with Crippen LogP contribution in [0.3, 0.4) is 0 Å². The van der Waals surface area contributed by atoms with Gasteiger partial charge in [0.25, 0.3) is 0 Å². The Balaban J connectivity index is 2.02. The average molecular weight is 209 g/mol. The van der Waals surface area contributed by atoms with Crippen LogP contribution in [0.25, 0.3) is 0 Å². The molecule has 0 aliphatic heterocycles. The summed E-state index contributed by atoms with van der Waals surface area (Å²) < 4.78 is 0. The summed E-state index contributed by atoms with van der Waals surface area (Å²) in [6.07, 6.45) is 6.83. The number of imidazole rings is 1. The maximum atomic E-state index is 5.93. The molecule has 5 heteroatoms. The highest BCUT2D eigenvalue weighted by molar-refractivity contribution is 6.33. The summed E-state index contributed by atoms with van der Waals surface area (Å²) in [4.78, 5) is 11.0. The van der Waals surface area contributed by atoms with Crippen molar-refractivity contribution in [3.8, 4) is 0 Å². The standard InChI is InChI=1S/C9H9ClN4/c10-7-1-2-11-5-8(7)14-6-9-12-3-4-13-9/h1-5,14H,6H2,(H,12,13). The second-order valence-corrected chi connectivity index (χ2v) is 3.15. The molecule has 0 saturated carbocycles. The summed E-state index contributed by atoms with van der Waals surface area (Å²) in [6, 6.07) is 1.74. The number of H-pyrrole nitrogens is 1. The summed E-state index contributed by atoms with van der Waals surface area (Å²) in [5.74, 6) is 0.866. The maximum absolute atomic E-state index is 5.93. The highest BCUT2D eigenvalue weighted by Crippen LogP contribution is 2.19. The molecular weight excluding hydrogens is 200 g/mol. The van der Waals surface area contributed by atoms with Crippen LogP contribution in [-0.2, 0) is 6.54 Å². The molecule has 0 fully saturated rings. The molecule has 2 aromatic heterocycles. The molecule has 72 valence electrons. The molecule has 0 aliphatic rings. The highest BCUT2D eigenvalue weighted by Gasteiger charge is 1.99. The van der Waals surface area contributed by atoms with E-state index < -0.39 is 0 Å². The molecule has 2 aromatic rings. The number of aromatic nitrogens is 3. The van der Waals surface area contributed by atoms with Crippen LogP contribution >= 0.6 is 11.6 Å². The summed E-state index contributed by atoms with van der Waals surface area (Å²) >= 11 is 5.93. The molecule has 2 heterocycles. The van der Waals surface area contributed by atoms with Gasteiger partial charge in [0.05, 0.1) is 23.5 Å². The number of hydrogen-bond donors (Lipinski definition) is 2. The molecule has 0 amide bonds. The zero-order chi connectivity index (χ0) is 9.80. The Hall–Kier alpha value is -1.55. The molecule has 2 N–H and O–H groups in total. The number of hydrogen-bond acceptors (Lipinski definition) is 3. The van der Waals surface area contributed by atoms with E-state index in [0.717, 1.165) is 11.5 Å². The summed E-state index contributed by atoms with van der Waals surface area (Å²) in [5, 5.41) is 3.79. The number of rotatable bonds is 3. The zero-order valence-corrected chi connectivity index (χ0v) is 8.12. The minimum absolute atomic E-state index is 0.610. The number of nitrogens with one attached hydrogen (secondary N) is 2. The first kappa shape index (κ1) is 9.02. The van der Waals surface area contributed by atoms with E-state index in [1.807, 2.05) is 0 Å². The summed E-state index contributed by atoms with van der Waals surface area (Å²) in [5.41, 5.74) is 0.811. The van der Waals surface area contributed by atoms with Gasteiger partial charge < -0.3 is 10.3 Å². The lowest BCUT2D eigenvalue weighted by molar-refractivity contribution is 0.998. The van der Waals surface area contributed by atoms with Gasteiger partial charge in [0.15, 0.2) is 0 Å². The van der Waals surface area contributed by atoms with E-state index in [4.69, 9.17) is 11.6 Å². The lowest BCUT2D eigenvalue weighted by atomic mass is 10.4. The van der Waals surface area contributed by atoms with E-state index >= 15 is 0 Å². The molecule has 0 radical (unpaired) electrons. The van der Waals surface area contributed by atoms with Gasteiger partial charge in [0.2, 0.25) is 0 Å². The van der Waals surface area contributed by atoms with E-state index in [9.17, 15) is 0 Å². The first-order valence-corrected chi connectivity index (χ1v) is 4.55. The molecule has 0 unspecified atom stereocenters. The van der Waals surface area contributed by atoms with E-state index in [1.54, 1.807) is 30.9 Å². The second-order valence-electron chi connectivity index (χ2n) is 2.74. The minimum atomic E-state index is 0.610. The zero-order valence-electron chi connectivity index (χ0n) is 7.37. The molecular formula is C9H9ClN4. The van der Waals surface area contributed by atoms with Crippen molar-refractivity contribution in [1.29, 1.82) is 0 Å². The van der Waals surface area contributed by atoms with Crippen molar-refractivity contribution in [2.24, 2.45) is 0 Å². The number of nitrogens with zero attached hydrogens (tertiary/aromatic N) is 2. The Morgan fingerprint density at radius 1 is 1.43 bits per heavy atom. The van der Waals surface area contributed by atoms with Crippen LogP contribution < -0.4 is 5.32 Å². The largest absolute Gasteiger partial charge is 0.375 e. The smallest absolute Gasteiger partial charge is 0.125 e. The Morgan fingerprint density at radius 3 is 3.07 bits per heavy atom. The summed E-state index contributed by atoms with van der Waals surface area (Å²) in [7, 11) is 0. The Kier molecular flexibility index (Phi) is 2.65. The lowest BCUT2D eigenvalue weighted by Gasteiger charge is -2.04. The fourth-order valence-corrected chi connectivity index (χ4v) is 1.25. The van der Waals surface area contributed by atoms with Crippen molar-refractivity contribution in [2.75, 3.05) is 5.32 Å². The van der Waals surface area contributed by atoms with Gasteiger partial charge in [0, 0.05) is 18.6 Å². The quantitative estimate of drug-likeness (QED) is 0.812. The van der Waals surface area contributed by atoms with E-state index in [2.05, 4.69) is 20.3 Å². The van der Waals surface area contributed by atoms with Crippen LogP contribution in [0, 0.1) is 0 Å². The van der Waals surface area contributed by atoms with Crippen LogP contribution in [0.5, 0.6) is 0 Å². The molecule has 0 spiro atoms. The van der Waals surface area contributed by atoms with Gasteiger partial charge in [-0.1, -0.05) is 11.6 Å². The van der Waals surface area contributed by atoms with Crippen molar-refractivity contribution >= 4 is 17.3 Å². The third-order valence-corrected chi connectivity index (χ3v) is 2.10. The van der Waals surface area contributed by atoms with Crippen LogP contribution in [-0.4, -0.2) is 15.0 Å². The van der Waals surface area contributed by atoms with Gasteiger partial charge in [-0.25, -0.2) is 4.98 Å². The van der Waals surface area contributed by atoms with E-state index in [0.29, 0.717) is 11.6 Å². The molecule has 0 bridgehead atoms. The Bertz CT molecular complexity index is 399. The fraction of sp³-hybridized carbons (Fsp3) is 0.111. The van der Waals surface area contributed by atoms with Crippen LogP contribution in [0.15, 0.2) is 30.9 Å². The molecule has 14 heavy (non-hydrogen) atoms. The SMILES string of the molecule is Clc1ccncc1NCc1ncc[nH]1. The Morgan fingerprint density at radius 2 is 2.36 bits per heavy atom. The normalized spacial score (nSPS) is 10.1. The van der Waals surface area contributed by atoms with E-state index in [-0.39, 0.29) is 0 Å². The van der Waals surface area contributed by atoms with Crippen LogP contribution in [0.2, 0.25) is 5.02 Å². The predicted octanol–water partition coefficient (Wildman–Crippen LogP) is 2.07. The van der Waals surface area contributed by atoms with E-state index in [1.165, 1.54) is 0 Å². The lowest BCUT2D eigenvalue weighted by Crippen LogP contribution is -2.01. The number of pyridine rings is 1. The van der Waals surface area contributed by atoms with Crippen molar-refractivity contribution in [1.82, 2.24) is 15.0 Å². The third-order valence-electron chi connectivity index (χ3n) is 1.77. The molecule has 4 nitrogen and oxygen atoms in total. The van der Waals surface area contributed by atoms with Gasteiger partial charge in [0.1, 0.15) is 5.82 Å². The van der Waals surface area contributed by atoms with Gasteiger partial charge in [-0.15, -0.1) is 0 Å². The van der Waals surface area contributed by atoms with Gasteiger partial charge in [-0.3, -0.25) is 4.98 Å². The average Bonchev–Trinajstić information content (AvgIpc) is 2.69. The summed E-state index contributed by atoms with van der Waals surface area (Å²) in [6.45, 7) is 0.610. The van der Waals surface area contributed by atoms with Crippen LogP contribution in [0.4, 0.5) is 5.69 Å². The van der Waals surface area contributed by atoms with Gasteiger partial charge >= 0.3 is 0 Å². The van der Waals surface area contributed by atoms with Crippen LogP contribution in [0.1, 0.15) is 5.82 Å². The molecule has 2 rings (SSSR count). The maximum Gasteiger partial charge on any atom is 0.125 e. The number of aromatic amines is 1. The highest BCUT2D eigenvalue weighted by atomic mass is 35.5. The number of halogens is 1. The predicted molar refractivity (Wildman–Crippen MR) is 55.2 cm³/mol. The Labute approximate surface area is 86.4 Å². The fourth-order valence-electron chi connectivity index (χ4n) is 1.08. The monoisotopic (exact) mass is 208 g/mol. The molecule has 0 aromatic carbocycles. The molecule has 0 atom stereocenters. The van der Waals surface area contributed by atoms with Gasteiger partial charge in [-0.05, 0) is 6.07 Å². The molecule has 0 aliphatic carbocycles.